The van der Waals surface area contributed by atoms with E-state index in [2.05, 4.69) is 18.9 Å². The second-order valence-electron chi connectivity index (χ2n) is 2.23. The van der Waals surface area contributed by atoms with Gasteiger partial charge in [-0.25, -0.2) is 9.59 Å². The van der Waals surface area contributed by atoms with E-state index in [9.17, 15) is 9.59 Å². The van der Waals surface area contributed by atoms with Crippen molar-refractivity contribution in [2.24, 2.45) is 0 Å². The summed E-state index contributed by atoms with van der Waals surface area (Å²) in [7, 11) is 0. The average molecular weight is 236 g/mol. The predicted octanol–water partition coefficient (Wildman–Crippen LogP) is 2.36. The maximum Gasteiger partial charge on any atom is 0.508 e. The van der Waals surface area contributed by atoms with E-state index in [4.69, 9.17) is 0 Å². The van der Waals surface area contributed by atoms with Gasteiger partial charge in [-0.15, -0.1) is 0 Å². The number of hydrogen-bond acceptors (Lipinski definition) is 6. The van der Waals surface area contributed by atoms with Crippen molar-refractivity contribution < 1.29 is 28.5 Å². The van der Waals surface area contributed by atoms with Crippen molar-refractivity contribution in [3.8, 4) is 0 Å². The molecule has 0 bridgehead atoms. The predicted molar refractivity (Wildman–Crippen MR) is 57.3 cm³/mol. The summed E-state index contributed by atoms with van der Waals surface area (Å²) < 4.78 is 17.7. The lowest BCUT2D eigenvalue weighted by molar-refractivity contribution is 0.0620. The first-order valence-electron chi connectivity index (χ1n) is 5.21. The van der Waals surface area contributed by atoms with E-state index in [0.29, 0.717) is 26.4 Å². The zero-order valence-electron chi connectivity index (χ0n) is 10.3. The molecular formula is C10H20O6. The van der Waals surface area contributed by atoms with Crippen LogP contribution in [0, 0.1) is 0 Å². The van der Waals surface area contributed by atoms with E-state index in [0.717, 1.165) is 0 Å². The molecule has 0 saturated carbocycles. The minimum absolute atomic E-state index is 0.374. The number of ether oxygens (including phenoxy) is 4. The summed E-state index contributed by atoms with van der Waals surface area (Å²) in [5, 5.41) is 0. The van der Waals surface area contributed by atoms with Crippen LogP contribution in [0.15, 0.2) is 0 Å². The molecule has 6 heteroatoms. The Morgan fingerprint density at radius 3 is 0.938 bits per heavy atom. The normalized spacial score (nSPS) is 8.25. The van der Waals surface area contributed by atoms with Gasteiger partial charge < -0.3 is 18.9 Å². The molecule has 96 valence electrons. The molecule has 0 amide bonds. The molecule has 6 nitrogen and oxygen atoms in total. The maximum atomic E-state index is 10.2. The largest absolute Gasteiger partial charge is 0.508 e. The Hall–Kier alpha value is -1.46. The van der Waals surface area contributed by atoms with E-state index in [1.165, 1.54) is 0 Å². The fourth-order valence-corrected chi connectivity index (χ4v) is 0.555. The van der Waals surface area contributed by atoms with Gasteiger partial charge in [0.2, 0.25) is 0 Å². The summed E-state index contributed by atoms with van der Waals surface area (Å²) in [6.45, 7) is 8.43. The van der Waals surface area contributed by atoms with Crippen LogP contribution in [0.3, 0.4) is 0 Å². The van der Waals surface area contributed by atoms with E-state index in [1.54, 1.807) is 27.7 Å². The highest BCUT2D eigenvalue weighted by molar-refractivity contribution is 5.59. The highest BCUT2D eigenvalue weighted by atomic mass is 16.7. The Bertz CT molecular complexity index is 144. The molecule has 0 saturated heterocycles. The van der Waals surface area contributed by atoms with Gasteiger partial charge in [-0.3, -0.25) is 0 Å². The lowest BCUT2D eigenvalue weighted by Gasteiger charge is -1.98. The van der Waals surface area contributed by atoms with Gasteiger partial charge >= 0.3 is 12.3 Å². The molecule has 0 heterocycles. The molecule has 0 aromatic heterocycles. The molecule has 0 spiro atoms. The molecule has 0 N–H and O–H groups in total. The third kappa shape index (κ3) is 15.0. The number of hydrogen-bond donors (Lipinski definition) is 0. The monoisotopic (exact) mass is 236 g/mol. The van der Waals surface area contributed by atoms with E-state index in [1.807, 2.05) is 0 Å². The Morgan fingerprint density at radius 1 is 0.625 bits per heavy atom. The van der Waals surface area contributed by atoms with Gasteiger partial charge in [0.25, 0.3) is 0 Å². The summed E-state index contributed by atoms with van der Waals surface area (Å²) >= 11 is 0. The number of rotatable bonds is 4. The van der Waals surface area contributed by atoms with Gasteiger partial charge in [0.15, 0.2) is 0 Å². The Kier molecular flexibility index (Phi) is 14.3. The van der Waals surface area contributed by atoms with Crippen molar-refractivity contribution in [2.75, 3.05) is 26.4 Å². The number of carbonyl (C=O) groups excluding carboxylic acids is 2. The van der Waals surface area contributed by atoms with Crippen molar-refractivity contribution in [1.82, 2.24) is 0 Å². The zero-order chi connectivity index (χ0) is 12.8. The van der Waals surface area contributed by atoms with Crippen LogP contribution < -0.4 is 0 Å². The molecule has 0 aliphatic rings. The second kappa shape index (κ2) is 13.5. The lowest BCUT2D eigenvalue weighted by Crippen LogP contribution is -2.05. The third-order valence-corrected chi connectivity index (χ3v) is 1.05. The van der Waals surface area contributed by atoms with Gasteiger partial charge in [-0.1, -0.05) is 0 Å². The van der Waals surface area contributed by atoms with Gasteiger partial charge in [-0.05, 0) is 27.7 Å². The van der Waals surface area contributed by atoms with E-state index < -0.39 is 12.3 Å². The third-order valence-electron chi connectivity index (χ3n) is 1.05. The molecule has 0 radical (unpaired) electrons. The summed E-state index contributed by atoms with van der Waals surface area (Å²) in [5.74, 6) is 0. The maximum absolute atomic E-state index is 10.2. The first-order valence-corrected chi connectivity index (χ1v) is 5.21. The van der Waals surface area contributed by atoms with Crippen molar-refractivity contribution in [2.45, 2.75) is 27.7 Å². The minimum Gasteiger partial charge on any atom is -0.435 e. The fourth-order valence-electron chi connectivity index (χ4n) is 0.555. The van der Waals surface area contributed by atoms with Crippen LogP contribution in [0.2, 0.25) is 0 Å². The fraction of sp³-hybridized carbons (Fsp3) is 0.800. The zero-order valence-corrected chi connectivity index (χ0v) is 10.3. The van der Waals surface area contributed by atoms with Crippen molar-refractivity contribution in [3.05, 3.63) is 0 Å². The molecule has 0 aliphatic heterocycles. The molecule has 16 heavy (non-hydrogen) atoms. The van der Waals surface area contributed by atoms with Crippen LogP contribution in [0.4, 0.5) is 9.59 Å². The van der Waals surface area contributed by atoms with Gasteiger partial charge in [-0.2, -0.15) is 0 Å². The lowest BCUT2D eigenvalue weighted by atomic mass is 10.8. The van der Waals surface area contributed by atoms with Crippen LogP contribution in [-0.2, 0) is 18.9 Å². The Balaban J connectivity index is 0. The van der Waals surface area contributed by atoms with Crippen LogP contribution in [-0.4, -0.2) is 38.7 Å². The highest BCUT2D eigenvalue weighted by Crippen LogP contribution is 1.82. The van der Waals surface area contributed by atoms with Crippen molar-refractivity contribution in [1.29, 1.82) is 0 Å². The highest BCUT2D eigenvalue weighted by Gasteiger charge is 1.96. The molecule has 0 atom stereocenters. The molecule has 0 aliphatic carbocycles. The molecular weight excluding hydrogens is 216 g/mol. The molecule has 0 aromatic carbocycles. The minimum atomic E-state index is -0.588. The molecule has 0 fully saturated rings. The summed E-state index contributed by atoms with van der Waals surface area (Å²) in [6.07, 6.45) is -1.18. The quantitative estimate of drug-likeness (QED) is 0.698. The SMILES string of the molecule is CCOC(=O)OCC.CCOC(=O)OCC. The van der Waals surface area contributed by atoms with Crippen LogP contribution in [0.25, 0.3) is 0 Å². The van der Waals surface area contributed by atoms with Gasteiger partial charge in [0, 0.05) is 0 Å². The first-order chi connectivity index (χ1) is 7.62. The molecule has 0 unspecified atom stereocenters. The Labute approximate surface area is 95.8 Å². The van der Waals surface area contributed by atoms with Crippen LogP contribution >= 0.6 is 0 Å². The van der Waals surface area contributed by atoms with Gasteiger partial charge in [0.05, 0.1) is 26.4 Å². The smallest absolute Gasteiger partial charge is 0.435 e. The van der Waals surface area contributed by atoms with Crippen molar-refractivity contribution in [3.63, 3.8) is 0 Å². The second-order valence-corrected chi connectivity index (χ2v) is 2.23. The molecule has 0 rings (SSSR count). The summed E-state index contributed by atoms with van der Waals surface area (Å²) in [5.41, 5.74) is 0. The standard InChI is InChI=1S/2C5H10O3/c2*1-3-7-5(6)8-4-2/h2*3-4H2,1-2H3. The Morgan fingerprint density at radius 2 is 0.812 bits per heavy atom. The van der Waals surface area contributed by atoms with E-state index in [-0.39, 0.29) is 0 Å². The van der Waals surface area contributed by atoms with Crippen LogP contribution in [0.5, 0.6) is 0 Å². The van der Waals surface area contributed by atoms with Crippen molar-refractivity contribution >= 4 is 12.3 Å². The molecule has 0 aromatic rings. The summed E-state index contributed by atoms with van der Waals surface area (Å²) in [4.78, 5) is 20.4. The summed E-state index contributed by atoms with van der Waals surface area (Å²) in [6, 6.07) is 0. The van der Waals surface area contributed by atoms with Crippen LogP contribution in [0.1, 0.15) is 27.7 Å². The topological polar surface area (TPSA) is 71.1 Å². The number of carbonyl (C=O) groups is 2. The van der Waals surface area contributed by atoms with E-state index >= 15 is 0 Å². The average Bonchev–Trinajstić information content (AvgIpc) is 2.20. The first kappa shape index (κ1) is 17.0. The van der Waals surface area contributed by atoms with Gasteiger partial charge in [0.1, 0.15) is 0 Å².